The number of fused-ring (bicyclic) bond motifs is 1. The van der Waals surface area contributed by atoms with Crippen LogP contribution < -0.4 is 10.1 Å². The van der Waals surface area contributed by atoms with Crippen molar-refractivity contribution in [1.29, 1.82) is 0 Å². The Hall–Kier alpha value is -2.23. The third-order valence-electron chi connectivity index (χ3n) is 3.72. The third-order valence-corrected chi connectivity index (χ3v) is 3.72. The third kappa shape index (κ3) is 3.27. The van der Waals surface area contributed by atoms with E-state index in [-0.39, 0.29) is 11.8 Å². The van der Waals surface area contributed by atoms with E-state index in [1.807, 2.05) is 43.3 Å². The molecule has 21 heavy (non-hydrogen) atoms. The number of carbonyl (C=O) groups excluding carboxylic acids is 1. The number of rotatable bonds is 4. The molecule has 4 heteroatoms. The summed E-state index contributed by atoms with van der Waals surface area (Å²) in [6, 6.07) is 11.8. The van der Waals surface area contributed by atoms with E-state index in [0.717, 1.165) is 29.3 Å². The maximum Gasteiger partial charge on any atom is 0.226 e. The largest absolute Gasteiger partial charge is 0.492 e. The first-order chi connectivity index (χ1) is 10.2. The normalized spacial score (nSPS) is 16.9. The molecule has 1 amide bonds. The van der Waals surface area contributed by atoms with Gasteiger partial charge in [0.25, 0.3) is 0 Å². The molecule has 2 heterocycles. The monoisotopic (exact) mass is 285 g/mol. The zero-order chi connectivity index (χ0) is 14.7. The fourth-order valence-electron chi connectivity index (χ4n) is 2.57. The van der Waals surface area contributed by atoms with Crippen LogP contribution in [-0.2, 0) is 17.6 Å². The first-order valence-corrected chi connectivity index (χ1v) is 7.26. The fourth-order valence-corrected chi connectivity index (χ4v) is 2.57. The molecule has 0 bridgehead atoms. The average molecular weight is 285 g/mol. The summed E-state index contributed by atoms with van der Waals surface area (Å²) in [5.74, 6) is 2.63. The highest BCUT2D eigenvalue weighted by Gasteiger charge is 2.25. The molecule has 0 saturated carbocycles. The van der Waals surface area contributed by atoms with Crippen LogP contribution in [0.25, 0.3) is 0 Å². The molecular weight excluding hydrogens is 266 g/mol. The van der Waals surface area contributed by atoms with Gasteiger partial charge in [-0.1, -0.05) is 18.2 Å². The van der Waals surface area contributed by atoms with Crippen molar-refractivity contribution in [2.45, 2.75) is 19.8 Å². The number of aryl methyl sites for hydroxylation is 1. The first-order valence-electron chi connectivity index (χ1n) is 7.26. The van der Waals surface area contributed by atoms with Crippen LogP contribution >= 0.6 is 0 Å². The molecule has 1 aliphatic rings. The van der Waals surface area contributed by atoms with E-state index < -0.39 is 0 Å². The van der Waals surface area contributed by atoms with Crippen molar-refractivity contribution in [3.8, 4) is 5.75 Å². The number of hydrogen-bond acceptors (Lipinski definition) is 3. The Balaban J connectivity index is 1.50. The predicted molar refractivity (Wildman–Crippen MR) is 79.3 cm³/mol. The Morgan fingerprint density at radius 3 is 2.95 bits per heavy atom. The molecule has 0 fully saturated rings. The molecule has 1 aromatic carbocycles. The van der Waals surface area contributed by atoms with Crippen LogP contribution in [-0.4, -0.2) is 19.1 Å². The van der Waals surface area contributed by atoms with Gasteiger partial charge in [0.1, 0.15) is 23.9 Å². The number of carbonyl (C=O) groups is 1. The van der Waals surface area contributed by atoms with Crippen molar-refractivity contribution in [2.75, 3.05) is 13.2 Å². The quantitative estimate of drug-likeness (QED) is 0.939. The SMILES string of the molecule is Cc1ccc(CCNC(=O)[C@H]2COc3ccccc3C2)o1. The molecule has 0 radical (unpaired) electrons. The maximum absolute atomic E-state index is 12.2. The Kier molecular flexibility index (Phi) is 3.95. The smallest absolute Gasteiger partial charge is 0.226 e. The number of hydrogen-bond donors (Lipinski definition) is 1. The van der Waals surface area contributed by atoms with Gasteiger partial charge in [0.15, 0.2) is 0 Å². The topological polar surface area (TPSA) is 51.5 Å². The van der Waals surface area contributed by atoms with Gasteiger partial charge < -0.3 is 14.5 Å². The molecule has 0 unspecified atom stereocenters. The summed E-state index contributed by atoms with van der Waals surface area (Å²) in [7, 11) is 0. The molecule has 110 valence electrons. The molecule has 2 aromatic rings. The summed E-state index contributed by atoms with van der Waals surface area (Å²) in [4.78, 5) is 12.2. The van der Waals surface area contributed by atoms with Crippen LogP contribution in [0.2, 0.25) is 0 Å². The van der Waals surface area contributed by atoms with Gasteiger partial charge >= 0.3 is 0 Å². The summed E-state index contributed by atoms with van der Waals surface area (Å²) >= 11 is 0. The van der Waals surface area contributed by atoms with Crippen molar-refractivity contribution in [1.82, 2.24) is 5.32 Å². The van der Waals surface area contributed by atoms with E-state index >= 15 is 0 Å². The fraction of sp³-hybridized carbons (Fsp3) is 0.353. The van der Waals surface area contributed by atoms with Gasteiger partial charge in [0.2, 0.25) is 5.91 Å². The molecular formula is C17H19NO3. The van der Waals surface area contributed by atoms with Gasteiger partial charge in [0, 0.05) is 13.0 Å². The van der Waals surface area contributed by atoms with Crippen molar-refractivity contribution < 1.29 is 13.9 Å². The van der Waals surface area contributed by atoms with E-state index in [1.165, 1.54) is 0 Å². The summed E-state index contributed by atoms with van der Waals surface area (Å²) < 4.78 is 11.1. The van der Waals surface area contributed by atoms with Crippen LogP contribution in [0.4, 0.5) is 0 Å². The summed E-state index contributed by atoms with van der Waals surface area (Å²) in [6.45, 7) is 2.95. The lowest BCUT2D eigenvalue weighted by Crippen LogP contribution is -2.38. The average Bonchev–Trinajstić information content (AvgIpc) is 2.92. The first kappa shape index (κ1) is 13.7. The van der Waals surface area contributed by atoms with E-state index in [2.05, 4.69) is 5.32 Å². The molecule has 4 nitrogen and oxygen atoms in total. The van der Waals surface area contributed by atoms with Crippen LogP contribution in [0.15, 0.2) is 40.8 Å². The summed E-state index contributed by atoms with van der Waals surface area (Å²) in [5, 5.41) is 2.96. The molecule has 1 aromatic heterocycles. The number of benzene rings is 1. The number of amides is 1. The second-order valence-electron chi connectivity index (χ2n) is 5.37. The van der Waals surface area contributed by atoms with E-state index in [4.69, 9.17) is 9.15 Å². The second-order valence-corrected chi connectivity index (χ2v) is 5.37. The van der Waals surface area contributed by atoms with Gasteiger partial charge in [-0.05, 0) is 37.1 Å². The van der Waals surface area contributed by atoms with Gasteiger partial charge in [-0.15, -0.1) is 0 Å². The standard InChI is InChI=1S/C17H19NO3/c1-12-6-7-15(21-12)8-9-18-17(19)14-10-13-4-2-3-5-16(13)20-11-14/h2-7,14H,8-11H2,1H3,(H,18,19)/t14-/m1/s1. The Labute approximate surface area is 124 Å². The minimum Gasteiger partial charge on any atom is -0.492 e. The molecule has 0 spiro atoms. The van der Waals surface area contributed by atoms with Crippen LogP contribution in [0, 0.1) is 12.8 Å². The van der Waals surface area contributed by atoms with Crippen molar-refractivity contribution in [3.63, 3.8) is 0 Å². The highest BCUT2D eigenvalue weighted by atomic mass is 16.5. The molecule has 3 rings (SSSR count). The highest BCUT2D eigenvalue weighted by Crippen LogP contribution is 2.26. The lowest BCUT2D eigenvalue weighted by Gasteiger charge is -2.24. The predicted octanol–water partition coefficient (Wildman–Crippen LogP) is 2.50. The second kappa shape index (κ2) is 6.04. The van der Waals surface area contributed by atoms with E-state index in [1.54, 1.807) is 0 Å². The molecule has 0 aliphatic carbocycles. The Bertz CT molecular complexity index is 632. The number of para-hydroxylation sites is 1. The van der Waals surface area contributed by atoms with Gasteiger partial charge in [-0.25, -0.2) is 0 Å². The molecule has 0 saturated heterocycles. The van der Waals surface area contributed by atoms with Gasteiger partial charge in [-0.3, -0.25) is 4.79 Å². The van der Waals surface area contributed by atoms with Crippen LogP contribution in [0.3, 0.4) is 0 Å². The zero-order valence-corrected chi connectivity index (χ0v) is 12.1. The highest BCUT2D eigenvalue weighted by molar-refractivity contribution is 5.79. The molecule has 1 atom stereocenters. The summed E-state index contributed by atoms with van der Waals surface area (Å²) in [6.07, 6.45) is 1.45. The zero-order valence-electron chi connectivity index (χ0n) is 12.1. The van der Waals surface area contributed by atoms with E-state index in [9.17, 15) is 4.79 Å². The Morgan fingerprint density at radius 1 is 1.29 bits per heavy atom. The molecule has 1 aliphatic heterocycles. The van der Waals surface area contributed by atoms with Crippen molar-refractivity contribution in [3.05, 3.63) is 53.5 Å². The molecule has 1 N–H and O–H groups in total. The van der Waals surface area contributed by atoms with Gasteiger partial charge in [-0.2, -0.15) is 0 Å². The number of ether oxygens (including phenoxy) is 1. The number of nitrogens with one attached hydrogen (secondary N) is 1. The maximum atomic E-state index is 12.2. The lowest BCUT2D eigenvalue weighted by atomic mass is 9.96. The summed E-state index contributed by atoms with van der Waals surface area (Å²) in [5.41, 5.74) is 1.10. The Morgan fingerprint density at radius 2 is 2.14 bits per heavy atom. The van der Waals surface area contributed by atoms with Crippen molar-refractivity contribution >= 4 is 5.91 Å². The van der Waals surface area contributed by atoms with Gasteiger partial charge in [0.05, 0.1) is 5.92 Å². The number of furan rings is 1. The lowest BCUT2D eigenvalue weighted by molar-refractivity contribution is -0.126. The van der Waals surface area contributed by atoms with E-state index in [0.29, 0.717) is 19.6 Å². The minimum atomic E-state index is -0.113. The van der Waals surface area contributed by atoms with Crippen LogP contribution in [0.1, 0.15) is 17.1 Å². The minimum absolute atomic E-state index is 0.0489. The van der Waals surface area contributed by atoms with Crippen LogP contribution in [0.5, 0.6) is 5.75 Å². The van der Waals surface area contributed by atoms with Crippen molar-refractivity contribution in [2.24, 2.45) is 5.92 Å².